The van der Waals surface area contributed by atoms with Crippen LogP contribution in [0, 0.1) is 12.8 Å². The minimum atomic E-state index is -0.106. The number of fused-ring (bicyclic) bond motifs is 1. The SMILES string of the molecule is CC(C)=CCC[C@@H](C)CCC/C(C)=C/CC[C@]1(C)CCc2cc(O)cc(C)c2O1. The maximum absolute atomic E-state index is 9.81. The van der Waals surface area contributed by atoms with E-state index in [0.29, 0.717) is 5.75 Å². The fourth-order valence-electron chi connectivity index (χ4n) is 4.29. The van der Waals surface area contributed by atoms with Crippen molar-refractivity contribution in [1.82, 2.24) is 0 Å². The molecule has 1 N–H and O–H groups in total. The van der Waals surface area contributed by atoms with Gasteiger partial charge in [0.2, 0.25) is 0 Å². The van der Waals surface area contributed by atoms with Crippen LogP contribution in [0.2, 0.25) is 0 Å². The Morgan fingerprint density at radius 3 is 2.66 bits per heavy atom. The highest BCUT2D eigenvalue weighted by Crippen LogP contribution is 2.39. The summed E-state index contributed by atoms with van der Waals surface area (Å²) in [4.78, 5) is 0. The molecule has 0 unspecified atom stereocenters. The molecule has 0 saturated heterocycles. The summed E-state index contributed by atoms with van der Waals surface area (Å²) in [5.74, 6) is 2.15. The first kappa shape index (κ1) is 23.6. The van der Waals surface area contributed by atoms with Crippen molar-refractivity contribution in [1.29, 1.82) is 0 Å². The van der Waals surface area contributed by atoms with Crippen molar-refractivity contribution in [3.05, 3.63) is 46.6 Å². The normalized spacial score (nSPS) is 20.0. The van der Waals surface area contributed by atoms with Gasteiger partial charge in [-0.15, -0.1) is 0 Å². The lowest BCUT2D eigenvalue weighted by Gasteiger charge is -2.36. The molecular formula is C27H42O2. The van der Waals surface area contributed by atoms with Crippen LogP contribution in [0.5, 0.6) is 11.5 Å². The molecule has 1 aliphatic rings. The van der Waals surface area contributed by atoms with Crippen molar-refractivity contribution in [2.24, 2.45) is 5.92 Å². The van der Waals surface area contributed by atoms with Crippen LogP contribution in [0.4, 0.5) is 0 Å². The van der Waals surface area contributed by atoms with E-state index in [1.165, 1.54) is 43.3 Å². The molecule has 1 aromatic carbocycles. The zero-order valence-corrected chi connectivity index (χ0v) is 19.6. The van der Waals surface area contributed by atoms with E-state index < -0.39 is 0 Å². The Morgan fingerprint density at radius 2 is 1.93 bits per heavy atom. The zero-order valence-electron chi connectivity index (χ0n) is 19.6. The number of ether oxygens (including phenoxy) is 1. The van der Waals surface area contributed by atoms with Gasteiger partial charge in [-0.25, -0.2) is 0 Å². The van der Waals surface area contributed by atoms with Gasteiger partial charge in [-0.3, -0.25) is 0 Å². The van der Waals surface area contributed by atoms with Crippen LogP contribution < -0.4 is 4.74 Å². The van der Waals surface area contributed by atoms with Crippen LogP contribution in [0.3, 0.4) is 0 Å². The first-order chi connectivity index (χ1) is 13.7. The van der Waals surface area contributed by atoms with Gasteiger partial charge < -0.3 is 9.84 Å². The summed E-state index contributed by atoms with van der Waals surface area (Å²) in [6, 6.07) is 3.65. The van der Waals surface area contributed by atoms with Crippen molar-refractivity contribution < 1.29 is 9.84 Å². The van der Waals surface area contributed by atoms with E-state index in [2.05, 4.69) is 46.8 Å². The Hall–Kier alpha value is -1.70. The molecular weight excluding hydrogens is 356 g/mol. The Kier molecular flexibility index (Phi) is 8.86. The fraction of sp³-hybridized carbons (Fsp3) is 0.630. The van der Waals surface area contributed by atoms with Crippen LogP contribution in [0.1, 0.15) is 97.1 Å². The molecule has 2 rings (SSSR count). The van der Waals surface area contributed by atoms with Gasteiger partial charge in [0.25, 0.3) is 0 Å². The predicted octanol–water partition coefficient (Wildman–Crippen LogP) is 8.06. The molecule has 1 aliphatic heterocycles. The highest BCUT2D eigenvalue weighted by Gasteiger charge is 2.31. The topological polar surface area (TPSA) is 29.5 Å². The molecule has 0 fully saturated rings. The molecule has 2 atom stereocenters. The second-order valence-electron chi connectivity index (χ2n) is 9.75. The molecule has 0 spiro atoms. The van der Waals surface area contributed by atoms with Crippen LogP contribution in [0.25, 0.3) is 0 Å². The third kappa shape index (κ3) is 7.91. The molecule has 0 radical (unpaired) electrons. The maximum atomic E-state index is 9.81. The van der Waals surface area contributed by atoms with Gasteiger partial charge in [-0.2, -0.15) is 0 Å². The molecule has 2 heteroatoms. The molecule has 0 aromatic heterocycles. The molecule has 1 aromatic rings. The van der Waals surface area contributed by atoms with Gasteiger partial charge in [0.05, 0.1) is 0 Å². The number of phenolic OH excluding ortho intramolecular Hbond substituents is 1. The second kappa shape index (κ2) is 10.9. The Bertz CT molecular complexity index is 724. The van der Waals surface area contributed by atoms with Crippen molar-refractivity contribution >= 4 is 0 Å². The first-order valence-corrected chi connectivity index (χ1v) is 11.5. The van der Waals surface area contributed by atoms with Crippen LogP contribution in [-0.4, -0.2) is 10.7 Å². The van der Waals surface area contributed by atoms with Gasteiger partial charge in [0.1, 0.15) is 17.1 Å². The van der Waals surface area contributed by atoms with Gasteiger partial charge in [-0.1, -0.05) is 36.6 Å². The first-order valence-electron chi connectivity index (χ1n) is 11.5. The summed E-state index contributed by atoms with van der Waals surface area (Å²) in [7, 11) is 0. The predicted molar refractivity (Wildman–Crippen MR) is 125 cm³/mol. The fourth-order valence-corrected chi connectivity index (χ4v) is 4.29. The van der Waals surface area contributed by atoms with Crippen molar-refractivity contribution in [2.75, 3.05) is 0 Å². The highest BCUT2D eigenvalue weighted by atomic mass is 16.5. The summed E-state index contributed by atoms with van der Waals surface area (Å²) in [6.45, 7) is 13.3. The van der Waals surface area contributed by atoms with Gasteiger partial charge in [0, 0.05) is 0 Å². The molecule has 1 heterocycles. The number of hydrogen-bond donors (Lipinski definition) is 1. The van der Waals surface area contributed by atoms with Crippen molar-refractivity contribution in [3.63, 3.8) is 0 Å². The number of benzene rings is 1. The van der Waals surface area contributed by atoms with Crippen LogP contribution >= 0.6 is 0 Å². The minimum Gasteiger partial charge on any atom is -0.508 e. The smallest absolute Gasteiger partial charge is 0.126 e. The van der Waals surface area contributed by atoms with Gasteiger partial charge in [-0.05, 0) is 115 Å². The number of aromatic hydroxyl groups is 1. The molecule has 0 saturated carbocycles. The molecule has 0 amide bonds. The molecule has 0 bridgehead atoms. The maximum Gasteiger partial charge on any atom is 0.126 e. The lowest BCUT2D eigenvalue weighted by Crippen LogP contribution is -2.36. The van der Waals surface area contributed by atoms with Crippen LogP contribution in [-0.2, 0) is 6.42 Å². The van der Waals surface area contributed by atoms with E-state index in [9.17, 15) is 5.11 Å². The monoisotopic (exact) mass is 398 g/mol. The summed E-state index contributed by atoms with van der Waals surface area (Å²) in [5, 5.41) is 9.81. The lowest BCUT2D eigenvalue weighted by atomic mass is 9.87. The Labute approximate surface area is 179 Å². The molecule has 2 nitrogen and oxygen atoms in total. The average Bonchev–Trinajstić information content (AvgIpc) is 2.62. The summed E-state index contributed by atoms with van der Waals surface area (Å²) in [5.41, 5.74) is 5.03. The van der Waals surface area contributed by atoms with Gasteiger partial charge in [0.15, 0.2) is 0 Å². The molecule has 29 heavy (non-hydrogen) atoms. The minimum absolute atomic E-state index is 0.106. The number of aryl methyl sites for hydroxylation is 2. The van der Waals surface area contributed by atoms with E-state index in [-0.39, 0.29) is 5.60 Å². The Balaban J connectivity index is 1.74. The third-order valence-corrected chi connectivity index (χ3v) is 6.25. The summed E-state index contributed by atoms with van der Waals surface area (Å²) < 4.78 is 6.41. The van der Waals surface area contributed by atoms with Crippen LogP contribution in [0.15, 0.2) is 35.4 Å². The van der Waals surface area contributed by atoms with Crippen molar-refractivity contribution in [2.45, 2.75) is 105 Å². The van der Waals surface area contributed by atoms with E-state index >= 15 is 0 Å². The largest absolute Gasteiger partial charge is 0.508 e. The average molecular weight is 399 g/mol. The summed E-state index contributed by atoms with van der Waals surface area (Å²) in [6.07, 6.45) is 15.3. The number of hydrogen-bond acceptors (Lipinski definition) is 2. The lowest BCUT2D eigenvalue weighted by molar-refractivity contribution is 0.0561. The third-order valence-electron chi connectivity index (χ3n) is 6.25. The Morgan fingerprint density at radius 1 is 1.17 bits per heavy atom. The standard InChI is InChI=1S/C27H42O2/c1-20(2)10-7-11-21(3)12-8-13-22(4)14-9-16-27(6)17-15-24-19-25(28)18-23(5)26(24)29-27/h10,14,18-19,21,28H,7-9,11-13,15-17H2,1-6H3/b22-14+/t21-,27-/m1/s1. The van der Waals surface area contributed by atoms with E-state index in [4.69, 9.17) is 4.74 Å². The van der Waals surface area contributed by atoms with E-state index in [0.717, 1.165) is 48.5 Å². The van der Waals surface area contributed by atoms with E-state index in [1.807, 2.05) is 13.0 Å². The van der Waals surface area contributed by atoms with Crippen molar-refractivity contribution in [3.8, 4) is 11.5 Å². The number of phenols is 1. The number of allylic oxidation sites excluding steroid dienone is 4. The van der Waals surface area contributed by atoms with Gasteiger partial charge >= 0.3 is 0 Å². The number of rotatable bonds is 10. The highest BCUT2D eigenvalue weighted by molar-refractivity contribution is 5.47. The van der Waals surface area contributed by atoms with E-state index in [1.54, 1.807) is 6.07 Å². The molecule has 0 aliphatic carbocycles. The second-order valence-corrected chi connectivity index (χ2v) is 9.75. The summed E-state index contributed by atoms with van der Waals surface area (Å²) >= 11 is 0. The zero-order chi connectivity index (χ0) is 21.4. The molecule has 162 valence electrons. The quantitative estimate of drug-likeness (QED) is 0.404.